The molecule has 2 heterocycles. The number of aromatic carboxylic acids is 1. The lowest BCUT2D eigenvalue weighted by molar-refractivity contribution is 0.0697. The normalized spacial score (nSPS) is 13.5. The number of hydrogen-bond acceptors (Lipinski definition) is 4. The Balaban J connectivity index is 1.92. The minimum atomic E-state index is -0.928. The molecule has 1 aromatic carbocycles. The number of carbonyl (C=O) groups is 1. The van der Waals surface area contributed by atoms with Crippen LogP contribution in [0.15, 0.2) is 34.9 Å². The van der Waals surface area contributed by atoms with Crippen LogP contribution in [0.5, 0.6) is 0 Å². The second kappa shape index (κ2) is 4.94. The molecule has 2 aromatic heterocycles. The van der Waals surface area contributed by atoms with Gasteiger partial charge in [0.05, 0.1) is 16.6 Å². The van der Waals surface area contributed by atoms with Crippen molar-refractivity contribution < 1.29 is 14.4 Å². The van der Waals surface area contributed by atoms with Gasteiger partial charge in [-0.25, -0.2) is 9.78 Å². The van der Waals surface area contributed by atoms with Crippen molar-refractivity contribution in [3.63, 3.8) is 0 Å². The molecule has 0 bridgehead atoms. The molecule has 0 spiro atoms. The van der Waals surface area contributed by atoms with Crippen molar-refractivity contribution in [2.24, 2.45) is 0 Å². The molecule has 110 valence electrons. The van der Waals surface area contributed by atoms with Gasteiger partial charge >= 0.3 is 5.97 Å². The van der Waals surface area contributed by atoms with Crippen LogP contribution in [-0.4, -0.2) is 21.2 Å². The molecule has 0 radical (unpaired) electrons. The van der Waals surface area contributed by atoms with E-state index >= 15 is 0 Å². The average molecular weight is 294 g/mol. The molecule has 0 saturated heterocycles. The van der Waals surface area contributed by atoms with E-state index in [0.29, 0.717) is 28.8 Å². The van der Waals surface area contributed by atoms with E-state index in [9.17, 15) is 9.90 Å². The van der Waals surface area contributed by atoms with Crippen molar-refractivity contribution in [1.29, 1.82) is 0 Å². The lowest BCUT2D eigenvalue weighted by Gasteiger charge is -2.06. The summed E-state index contributed by atoms with van der Waals surface area (Å²) >= 11 is 0. The van der Waals surface area contributed by atoms with Gasteiger partial charge in [0, 0.05) is 12.1 Å². The van der Waals surface area contributed by atoms with E-state index in [4.69, 9.17) is 4.52 Å². The van der Waals surface area contributed by atoms with Crippen molar-refractivity contribution >= 4 is 17.1 Å². The number of carboxylic acids is 1. The van der Waals surface area contributed by atoms with Crippen LogP contribution in [0.1, 0.15) is 39.3 Å². The molecule has 1 aliphatic rings. The Kier molecular flexibility index (Phi) is 2.92. The largest absolute Gasteiger partial charge is 0.478 e. The van der Waals surface area contributed by atoms with Crippen LogP contribution in [0.4, 0.5) is 0 Å². The Hall–Kier alpha value is -2.69. The molecule has 0 fully saturated rings. The van der Waals surface area contributed by atoms with Gasteiger partial charge in [0.25, 0.3) is 5.71 Å². The first-order valence-electron chi connectivity index (χ1n) is 7.31. The third-order valence-electron chi connectivity index (χ3n) is 4.15. The topological polar surface area (TPSA) is 76.2 Å². The van der Waals surface area contributed by atoms with E-state index < -0.39 is 5.97 Å². The summed E-state index contributed by atoms with van der Waals surface area (Å²) in [6.07, 6.45) is 3.04. The molecule has 5 nitrogen and oxygen atoms in total. The van der Waals surface area contributed by atoms with Crippen LogP contribution >= 0.6 is 0 Å². The van der Waals surface area contributed by atoms with Gasteiger partial charge in [-0.2, -0.15) is 0 Å². The van der Waals surface area contributed by atoms with Crippen molar-refractivity contribution in [1.82, 2.24) is 10.1 Å². The number of aromatic nitrogens is 2. The molecule has 0 amide bonds. The Bertz CT molecular complexity index is 868. The highest BCUT2D eigenvalue weighted by atomic mass is 16.5. The standard InChI is InChI=1S/C17H14N2O3/c20-17(21)14-11-7-4-8-12(11)18-16-15(14)13(19-22-16)9-10-5-2-1-3-6-10/h1-3,5-6H,4,7-9H2,(H,20,21). The lowest BCUT2D eigenvalue weighted by atomic mass is 10.00. The first kappa shape index (κ1) is 13.0. The minimum Gasteiger partial charge on any atom is -0.478 e. The molecule has 0 aliphatic heterocycles. The Morgan fingerprint density at radius 1 is 1.23 bits per heavy atom. The fraction of sp³-hybridized carbons (Fsp3) is 0.235. The van der Waals surface area contributed by atoms with E-state index in [2.05, 4.69) is 10.1 Å². The van der Waals surface area contributed by atoms with Crippen molar-refractivity contribution in [2.45, 2.75) is 25.7 Å². The summed E-state index contributed by atoms with van der Waals surface area (Å²) < 4.78 is 5.31. The fourth-order valence-corrected chi connectivity index (χ4v) is 3.18. The van der Waals surface area contributed by atoms with Crippen molar-refractivity contribution in [3.05, 3.63) is 58.4 Å². The van der Waals surface area contributed by atoms with Gasteiger partial charge in [0.15, 0.2) is 0 Å². The monoisotopic (exact) mass is 294 g/mol. The summed E-state index contributed by atoms with van der Waals surface area (Å²) in [5.41, 5.74) is 4.05. The predicted octanol–water partition coefficient (Wildman–Crippen LogP) is 3.00. The molecule has 0 saturated carbocycles. The maximum atomic E-state index is 11.8. The predicted molar refractivity (Wildman–Crippen MR) is 80.0 cm³/mol. The molecular weight excluding hydrogens is 280 g/mol. The van der Waals surface area contributed by atoms with Crippen LogP contribution in [-0.2, 0) is 19.3 Å². The molecule has 22 heavy (non-hydrogen) atoms. The summed E-state index contributed by atoms with van der Waals surface area (Å²) in [7, 11) is 0. The lowest BCUT2D eigenvalue weighted by Crippen LogP contribution is -2.06. The molecule has 4 rings (SSSR count). The van der Waals surface area contributed by atoms with Gasteiger partial charge in [-0.05, 0) is 30.4 Å². The zero-order chi connectivity index (χ0) is 15.1. The van der Waals surface area contributed by atoms with E-state index in [-0.39, 0.29) is 0 Å². The first-order valence-corrected chi connectivity index (χ1v) is 7.31. The Morgan fingerprint density at radius 2 is 2.05 bits per heavy atom. The van der Waals surface area contributed by atoms with Crippen LogP contribution in [0, 0.1) is 0 Å². The summed E-state index contributed by atoms with van der Waals surface area (Å²) in [5, 5.41) is 14.3. The number of carboxylic acid groups (broad SMARTS) is 1. The number of aryl methyl sites for hydroxylation is 1. The van der Waals surface area contributed by atoms with Crippen molar-refractivity contribution in [3.8, 4) is 0 Å². The van der Waals surface area contributed by atoms with E-state index in [1.165, 1.54) is 0 Å². The van der Waals surface area contributed by atoms with Gasteiger partial charge in [-0.1, -0.05) is 35.5 Å². The SMILES string of the molecule is O=C(O)c1c2c(nc3onc(Cc4ccccc4)c13)CCC2. The van der Waals surface area contributed by atoms with E-state index in [1.807, 2.05) is 30.3 Å². The maximum Gasteiger partial charge on any atom is 0.336 e. The van der Waals surface area contributed by atoms with Crippen LogP contribution in [0.3, 0.4) is 0 Å². The molecule has 1 N–H and O–H groups in total. The first-order chi connectivity index (χ1) is 10.7. The van der Waals surface area contributed by atoms with Gasteiger partial charge in [-0.15, -0.1) is 0 Å². The molecule has 5 heteroatoms. The number of rotatable bonds is 3. The zero-order valence-electron chi connectivity index (χ0n) is 11.9. The average Bonchev–Trinajstić information content (AvgIpc) is 3.13. The quantitative estimate of drug-likeness (QED) is 0.803. The summed E-state index contributed by atoms with van der Waals surface area (Å²) in [4.78, 5) is 16.2. The van der Waals surface area contributed by atoms with Crippen LogP contribution in [0.25, 0.3) is 11.1 Å². The molecule has 0 unspecified atom stereocenters. The van der Waals surface area contributed by atoms with Gasteiger partial charge < -0.3 is 9.63 Å². The van der Waals surface area contributed by atoms with Gasteiger partial charge in [-0.3, -0.25) is 0 Å². The summed E-state index contributed by atoms with van der Waals surface area (Å²) in [6.45, 7) is 0. The van der Waals surface area contributed by atoms with Crippen LogP contribution < -0.4 is 0 Å². The zero-order valence-corrected chi connectivity index (χ0v) is 11.9. The second-order valence-electron chi connectivity index (χ2n) is 5.54. The highest BCUT2D eigenvalue weighted by Crippen LogP contribution is 2.32. The van der Waals surface area contributed by atoms with Gasteiger partial charge in [0.2, 0.25) is 0 Å². The highest BCUT2D eigenvalue weighted by molar-refractivity contribution is 6.04. The van der Waals surface area contributed by atoms with Gasteiger partial charge in [0.1, 0.15) is 0 Å². The fourth-order valence-electron chi connectivity index (χ4n) is 3.18. The molecule has 1 aliphatic carbocycles. The third kappa shape index (κ3) is 1.97. The number of benzene rings is 1. The molecule has 0 atom stereocenters. The number of hydrogen-bond donors (Lipinski definition) is 1. The number of fused-ring (bicyclic) bond motifs is 2. The third-order valence-corrected chi connectivity index (χ3v) is 4.15. The van der Waals surface area contributed by atoms with E-state index in [0.717, 1.165) is 36.1 Å². The maximum absolute atomic E-state index is 11.8. The highest BCUT2D eigenvalue weighted by Gasteiger charge is 2.27. The minimum absolute atomic E-state index is 0.324. The number of pyridine rings is 1. The smallest absolute Gasteiger partial charge is 0.336 e. The van der Waals surface area contributed by atoms with Crippen molar-refractivity contribution in [2.75, 3.05) is 0 Å². The second-order valence-corrected chi connectivity index (χ2v) is 5.54. The number of nitrogens with zero attached hydrogens (tertiary/aromatic N) is 2. The summed E-state index contributed by atoms with van der Waals surface area (Å²) in [5.74, 6) is -0.928. The van der Waals surface area contributed by atoms with E-state index in [1.54, 1.807) is 0 Å². The van der Waals surface area contributed by atoms with Crippen LogP contribution in [0.2, 0.25) is 0 Å². The Labute approximate surface area is 126 Å². The molecular formula is C17H14N2O3. The Morgan fingerprint density at radius 3 is 2.82 bits per heavy atom. The summed E-state index contributed by atoms with van der Waals surface area (Å²) in [6, 6.07) is 9.82. The molecule has 3 aromatic rings.